The molecule has 6 rings (SSSR count). The fourth-order valence-electron chi connectivity index (χ4n) is 5.32. The van der Waals surface area contributed by atoms with E-state index in [9.17, 15) is 0 Å². The maximum absolute atomic E-state index is 5.43. The van der Waals surface area contributed by atoms with E-state index < -0.39 is 0 Å². The number of hydrogen-bond acceptors (Lipinski definition) is 5. The lowest BCUT2D eigenvalue weighted by molar-refractivity contribution is 0.175. The lowest BCUT2D eigenvalue weighted by Crippen LogP contribution is -2.35. The van der Waals surface area contributed by atoms with Crippen LogP contribution in [0.4, 0.5) is 0 Å². The molecule has 0 N–H and O–H groups in total. The molecule has 0 spiro atoms. The number of hydrogen-bond donors (Lipinski definition) is 0. The number of fused-ring (bicyclic) bond motifs is 2. The monoisotopic (exact) mass is 466 g/mol. The Morgan fingerprint density at radius 1 is 0.914 bits per heavy atom. The number of nitrogens with zero attached hydrogens (tertiary/aromatic N) is 6. The Morgan fingerprint density at radius 2 is 1.71 bits per heavy atom. The summed E-state index contributed by atoms with van der Waals surface area (Å²) >= 11 is 0. The maximum Gasteiger partial charge on any atom is 0.160 e. The lowest BCUT2D eigenvalue weighted by Gasteiger charge is -2.33. The van der Waals surface area contributed by atoms with Gasteiger partial charge in [-0.3, -0.25) is 4.90 Å². The van der Waals surface area contributed by atoms with Crippen LogP contribution < -0.4 is 4.74 Å². The van der Waals surface area contributed by atoms with Gasteiger partial charge in [-0.25, -0.2) is 15.0 Å². The zero-order chi connectivity index (χ0) is 23.8. The molecule has 0 radical (unpaired) electrons. The number of benzene rings is 2. The van der Waals surface area contributed by atoms with Crippen LogP contribution in [-0.4, -0.2) is 49.2 Å². The van der Waals surface area contributed by atoms with Gasteiger partial charge in [0.1, 0.15) is 22.9 Å². The van der Waals surface area contributed by atoms with E-state index in [0.717, 1.165) is 73.0 Å². The van der Waals surface area contributed by atoms with Gasteiger partial charge < -0.3 is 13.9 Å². The molecule has 0 atom stereocenters. The van der Waals surface area contributed by atoms with E-state index in [2.05, 4.69) is 63.5 Å². The summed E-state index contributed by atoms with van der Waals surface area (Å²) in [5.41, 5.74) is 5.40. The van der Waals surface area contributed by atoms with Crippen LogP contribution in [0.15, 0.2) is 66.9 Å². The summed E-state index contributed by atoms with van der Waals surface area (Å²) < 4.78 is 10.0. The van der Waals surface area contributed by atoms with Crippen molar-refractivity contribution < 1.29 is 4.74 Å². The van der Waals surface area contributed by atoms with Gasteiger partial charge in [0.25, 0.3) is 0 Å². The molecule has 1 saturated heterocycles. The van der Waals surface area contributed by atoms with E-state index >= 15 is 0 Å². The van der Waals surface area contributed by atoms with Gasteiger partial charge in [-0.2, -0.15) is 0 Å². The van der Waals surface area contributed by atoms with Gasteiger partial charge in [0.15, 0.2) is 5.65 Å². The van der Waals surface area contributed by atoms with Crippen LogP contribution in [0.2, 0.25) is 0 Å². The van der Waals surface area contributed by atoms with E-state index in [1.54, 1.807) is 7.11 Å². The molecule has 0 unspecified atom stereocenters. The van der Waals surface area contributed by atoms with Crippen LogP contribution in [0.3, 0.4) is 0 Å². The SMILES string of the molecule is COc1cccc(Cc2nc3cccnc3n2C2CCN(Cc3nc4ccccc4n3C)CC2)c1. The molecule has 7 nitrogen and oxygen atoms in total. The second-order valence-electron chi connectivity index (χ2n) is 9.36. The largest absolute Gasteiger partial charge is 0.497 e. The van der Waals surface area contributed by atoms with E-state index in [0.29, 0.717) is 6.04 Å². The number of ether oxygens (including phenoxy) is 1. The summed E-state index contributed by atoms with van der Waals surface area (Å²) in [5.74, 6) is 3.07. The Morgan fingerprint density at radius 3 is 2.54 bits per heavy atom. The fourth-order valence-corrected chi connectivity index (χ4v) is 5.32. The minimum Gasteiger partial charge on any atom is -0.497 e. The van der Waals surface area contributed by atoms with E-state index in [4.69, 9.17) is 19.7 Å². The Hall–Kier alpha value is -3.71. The third kappa shape index (κ3) is 4.17. The first kappa shape index (κ1) is 21.8. The molecule has 5 aromatic rings. The summed E-state index contributed by atoms with van der Waals surface area (Å²) in [5, 5.41) is 0. The van der Waals surface area contributed by atoms with Crippen molar-refractivity contribution in [3.63, 3.8) is 0 Å². The molecule has 3 aromatic heterocycles. The van der Waals surface area contributed by atoms with Crippen molar-refractivity contribution in [3.05, 3.63) is 84.1 Å². The third-order valence-corrected chi connectivity index (χ3v) is 7.19. The first-order chi connectivity index (χ1) is 17.2. The van der Waals surface area contributed by atoms with Crippen LogP contribution >= 0.6 is 0 Å². The average Bonchev–Trinajstić information content (AvgIpc) is 3.41. The fraction of sp³-hybridized carbons (Fsp3) is 0.321. The predicted octanol–water partition coefficient (Wildman–Crippen LogP) is 4.75. The summed E-state index contributed by atoms with van der Waals surface area (Å²) in [6.07, 6.45) is 4.76. The Kier molecular flexibility index (Phi) is 5.70. The molecule has 178 valence electrons. The van der Waals surface area contributed by atoms with Crippen molar-refractivity contribution in [1.82, 2.24) is 29.0 Å². The number of likely N-dealkylation sites (tertiary alicyclic amines) is 1. The average molecular weight is 467 g/mol. The van der Waals surface area contributed by atoms with Crippen molar-refractivity contribution in [3.8, 4) is 5.75 Å². The number of para-hydroxylation sites is 2. The minimum absolute atomic E-state index is 0.382. The number of aryl methyl sites for hydroxylation is 1. The highest BCUT2D eigenvalue weighted by Crippen LogP contribution is 2.30. The van der Waals surface area contributed by atoms with Gasteiger partial charge in [0, 0.05) is 38.8 Å². The molecule has 1 aliphatic rings. The summed E-state index contributed by atoms with van der Waals surface area (Å²) in [7, 11) is 3.82. The third-order valence-electron chi connectivity index (χ3n) is 7.19. The number of piperidine rings is 1. The van der Waals surface area contributed by atoms with Crippen molar-refractivity contribution in [1.29, 1.82) is 0 Å². The number of aromatic nitrogens is 5. The summed E-state index contributed by atoms with van der Waals surface area (Å²) in [4.78, 5) is 17.1. The van der Waals surface area contributed by atoms with E-state index in [-0.39, 0.29) is 0 Å². The van der Waals surface area contributed by atoms with E-state index in [1.165, 1.54) is 11.1 Å². The number of pyridine rings is 1. The molecule has 7 heteroatoms. The standard InChI is InChI=1S/C28H30N6O/c1-32-25-11-4-3-9-23(25)30-27(32)19-33-15-12-21(13-16-33)34-26(31-24-10-6-14-29-28(24)34)18-20-7-5-8-22(17-20)35-2/h3-11,14,17,21H,12-13,15-16,18-19H2,1-2H3. The first-order valence-electron chi connectivity index (χ1n) is 12.3. The van der Waals surface area contributed by atoms with Crippen LogP contribution in [0, 0.1) is 0 Å². The zero-order valence-electron chi connectivity index (χ0n) is 20.3. The lowest BCUT2D eigenvalue weighted by atomic mass is 10.0. The topological polar surface area (TPSA) is 61.0 Å². The van der Waals surface area contributed by atoms with Gasteiger partial charge in [-0.15, -0.1) is 0 Å². The quantitative estimate of drug-likeness (QED) is 0.361. The minimum atomic E-state index is 0.382. The highest BCUT2D eigenvalue weighted by atomic mass is 16.5. The second kappa shape index (κ2) is 9.15. The molecule has 0 aliphatic carbocycles. The van der Waals surface area contributed by atoms with Crippen molar-refractivity contribution in [2.24, 2.45) is 7.05 Å². The molecule has 1 aliphatic heterocycles. The molecule has 0 amide bonds. The number of imidazole rings is 2. The van der Waals surface area contributed by atoms with Crippen LogP contribution in [-0.2, 0) is 20.0 Å². The highest BCUT2D eigenvalue weighted by Gasteiger charge is 2.26. The molecular formula is C28H30N6O. The molecular weight excluding hydrogens is 436 g/mol. The van der Waals surface area contributed by atoms with Crippen LogP contribution in [0.1, 0.15) is 36.1 Å². The van der Waals surface area contributed by atoms with Gasteiger partial charge in [-0.05, 0) is 54.8 Å². The first-order valence-corrected chi connectivity index (χ1v) is 12.3. The Labute approximate surface area is 205 Å². The Bertz CT molecular complexity index is 1480. The summed E-state index contributed by atoms with van der Waals surface area (Å²) in [6, 6.07) is 21.0. The van der Waals surface area contributed by atoms with Crippen molar-refractivity contribution in [2.45, 2.75) is 31.8 Å². The molecule has 0 bridgehead atoms. The molecule has 0 saturated carbocycles. The summed E-state index contributed by atoms with van der Waals surface area (Å²) in [6.45, 7) is 2.93. The molecule has 2 aromatic carbocycles. The van der Waals surface area contributed by atoms with Crippen LogP contribution in [0.5, 0.6) is 5.75 Å². The van der Waals surface area contributed by atoms with E-state index in [1.807, 2.05) is 24.4 Å². The second-order valence-corrected chi connectivity index (χ2v) is 9.36. The molecule has 1 fully saturated rings. The maximum atomic E-state index is 5.43. The van der Waals surface area contributed by atoms with Crippen LogP contribution in [0.25, 0.3) is 22.2 Å². The molecule has 35 heavy (non-hydrogen) atoms. The van der Waals surface area contributed by atoms with Gasteiger partial charge in [0.05, 0.1) is 24.7 Å². The normalized spacial score (nSPS) is 15.3. The zero-order valence-corrected chi connectivity index (χ0v) is 20.3. The predicted molar refractivity (Wildman–Crippen MR) is 138 cm³/mol. The van der Waals surface area contributed by atoms with Crippen molar-refractivity contribution in [2.75, 3.05) is 20.2 Å². The van der Waals surface area contributed by atoms with Gasteiger partial charge in [0.2, 0.25) is 0 Å². The number of methoxy groups -OCH3 is 1. The highest BCUT2D eigenvalue weighted by molar-refractivity contribution is 5.75. The molecule has 4 heterocycles. The Balaban J connectivity index is 1.23. The van der Waals surface area contributed by atoms with Crippen molar-refractivity contribution >= 4 is 22.2 Å². The number of rotatable bonds is 6. The van der Waals surface area contributed by atoms with Gasteiger partial charge >= 0.3 is 0 Å². The van der Waals surface area contributed by atoms with Gasteiger partial charge in [-0.1, -0.05) is 24.3 Å². The smallest absolute Gasteiger partial charge is 0.160 e.